The van der Waals surface area contributed by atoms with E-state index in [0.717, 1.165) is 0 Å². The van der Waals surface area contributed by atoms with E-state index in [1.165, 1.54) is 11.7 Å². The zero-order chi connectivity index (χ0) is 14.4. The molecule has 8 heteroatoms. The molecule has 0 atom stereocenters. The van der Waals surface area contributed by atoms with Crippen molar-refractivity contribution in [2.24, 2.45) is 5.14 Å². The van der Waals surface area contributed by atoms with Gasteiger partial charge < -0.3 is 4.74 Å². The van der Waals surface area contributed by atoms with Gasteiger partial charge in [-0.2, -0.15) is 0 Å². The molecule has 0 radical (unpaired) electrons. The summed E-state index contributed by atoms with van der Waals surface area (Å²) in [4.78, 5) is 0. The van der Waals surface area contributed by atoms with Gasteiger partial charge in [0.2, 0.25) is 0 Å². The number of sulfonamides is 1. The van der Waals surface area contributed by atoms with Crippen LogP contribution in [-0.4, -0.2) is 30.3 Å². The highest BCUT2D eigenvalue weighted by atomic mass is 32.2. The number of nitrogens with zero attached hydrogens (tertiary/aromatic N) is 3. The first-order valence-corrected chi connectivity index (χ1v) is 7.00. The molecule has 0 fully saturated rings. The third kappa shape index (κ3) is 2.70. The number of hydrogen-bond donors (Lipinski definition) is 1. The lowest BCUT2D eigenvalue weighted by Crippen LogP contribution is -2.35. The lowest BCUT2D eigenvalue weighted by molar-refractivity contribution is 0.00455. The lowest BCUT2D eigenvalue weighted by atomic mass is 10.0. The highest BCUT2D eigenvalue weighted by molar-refractivity contribution is 7.89. The molecule has 104 valence electrons. The molecule has 7 nitrogen and oxygen atoms in total. The Morgan fingerprint density at radius 2 is 1.67 bits per heavy atom. The van der Waals surface area contributed by atoms with E-state index < -0.39 is 21.2 Å². The van der Waals surface area contributed by atoms with Gasteiger partial charge in [0.15, 0.2) is 5.82 Å². The van der Waals surface area contributed by atoms with Gasteiger partial charge in [0.25, 0.3) is 15.2 Å². The zero-order valence-corrected chi connectivity index (χ0v) is 12.4. The molecule has 0 bridgehead atoms. The summed E-state index contributed by atoms with van der Waals surface area (Å²) in [5, 5.41) is 12.5. The molecule has 0 aliphatic carbocycles. The molecular formula is C10H20N4O3S. The maximum Gasteiger partial charge on any atom is 0.273 e. The van der Waals surface area contributed by atoms with Crippen LogP contribution in [0.15, 0.2) is 5.16 Å². The van der Waals surface area contributed by atoms with Crippen LogP contribution in [0, 0.1) is 0 Å². The molecule has 1 aromatic rings. The number of methoxy groups -OCH3 is 1. The molecule has 0 aliphatic heterocycles. The Kier molecular flexibility index (Phi) is 3.59. The molecule has 0 aliphatic rings. The van der Waals surface area contributed by atoms with E-state index >= 15 is 0 Å². The van der Waals surface area contributed by atoms with Gasteiger partial charge in [0.05, 0.1) is 0 Å². The quantitative estimate of drug-likeness (QED) is 0.869. The van der Waals surface area contributed by atoms with Crippen molar-refractivity contribution in [3.05, 3.63) is 5.82 Å². The van der Waals surface area contributed by atoms with Gasteiger partial charge in [-0.25, -0.2) is 13.6 Å². The van der Waals surface area contributed by atoms with Crippen LogP contribution in [0.3, 0.4) is 0 Å². The lowest BCUT2D eigenvalue weighted by Gasteiger charge is -2.30. The van der Waals surface area contributed by atoms with E-state index in [1.54, 1.807) is 13.8 Å². The first-order valence-electron chi connectivity index (χ1n) is 5.45. The number of rotatable bonds is 3. The minimum Gasteiger partial charge on any atom is -0.371 e. The predicted octanol–water partition coefficient (Wildman–Crippen LogP) is 0.562. The Morgan fingerprint density at radius 3 is 2.00 bits per heavy atom. The second kappa shape index (κ2) is 4.29. The summed E-state index contributed by atoms with van der Waals surface area (Å²) in [5.41, 5.74) is -1.29. The largest absolute Gasteiger partial charge is 0.371 e. The summed E-state index contributed by atoms with van der Waals surface area (Å²) in [7, 11) is -2.40. The van der Waals surface area contributed by atoms with Crippen LogP contribution in [-0.2, 0) is 25.9 Å². The SMILES string of the molecule is COC(C)(C)c1nnc(S(N)(=O)=O)n1C(C)(C)C. The first-order chi connectivity index (χ1) is 7.91. The van der Waals surface area contributed by atoms with Crippen LogP contribution < -0.4 is 5.14 Å². The van der Waals surface area contributed by atoms with Crippen LogP contribution in [0.2, 0.25) is 0 Å². The van der Waals surface area contributed by atoms with Gasteiger partial charge in [0.1, 0.15) is 5.60 Å². The van der Waals surface area contributed by atoms with Gasteiger partial charge in [-0.15, -0.1) is 10.2 Å². The van der Waals surface area contributed by atoms with E-state index in [2.05, 4.69) is 10.2 Å². The van der Waals surface area contributed by atoms with Gasteiger partial charge in [-0.1, -0.05) is 0 Å². The average Bonchev–Trinajstić information content (AvgIpc) is 2.60. The number of hydrogen-bond acceptors (Lipinski definition) is 5. The molecule has 1 aromatic heterocycles. The molecule has 0 saturated carbocycles. The van der Waals surface area contributed by atoms with Gasteiger partial charge in [0, 0.05) is 12.6 Å². The molecule has 0 spiro atoms. The van der Waals surface area contributed by atoms with Crippen LogP contribution in [0.25, 0.3) is 0 Å². The Labute approximate surface area is 107 Å². The third-order valence-electron chi connectivity index (χ3n) is 2.61. The Balaban J connectivity index is 3.64. The van der Waals surface area contributed by atoms with Crippen LogP contribution in [0.4, 0.5) is 0 Å². The van der Waals surface area contributed by atoms with E-state index in [-0.39, 0.29) is 5.16 Å². The number of nitrogens with two attached hydrogens (primary N) is 1. The minimum atomic E-state index is -3.93. The van der Waals surface area contributed by atoms with E-state index in [1.807, 2.05) is 20.8 Å². The van der Waals surface area contributed by atoms with Gasteiger partial charge >= 0.3 is 0 Å². The number of primary sulfonamides is 1. The van der Waals surface area contributed by atoms with E-state index in [9.17, 15) is 8.42 Å². The fourth-order valence-electron chi connectivity index (χ4n) is 1.54. The smallest absolute Gasteiger partial charge is 0.273 e. The zero-order valence-electron chi connectivity index (χ0n) is 11.6. The number of ether oxygens (including phenoxy) is 1. The number of aromatic nitrogens is 3. The van der Waals surface area contributed by atoms with Crippen molar-refractivity contribution in [1.29, 1.82) is 0 Å². The molecule has 1 rings (SSSR count). The molecule has 2 N–H and O–H groups in total. The van der Waals surface area contributed by atoms with Crippen LogP contribution in [0.5, 0.6) is 0 Å². The van der Waals surface area contributed by atoms with Gasteiger partial charge in [-0.3, -0.25) is 4.57 Å². The summed E-state index contributed by atoms with van der Waals surface area (Å²) in [6, 6.07) is 0. The molecule has 1 heterocycles. The van der Waals surface area contributed by atoms with Crippen molar-refractivity contribution in [2.45, 2.75) is 50.9 Å². The molecule has 18 heavy (non-hydrogen) atoms. The van der Waals surface area contributed by atoms with E-state index in [4.69, 9.17) is 9.88 Å². The van der Waals surface area contributed by atoms with Crippen LogP contribution >= 0.6 is 0 Å². The van der Waals surface area contributed by atoms with Crippen LogP contribution in [0.1, 0.15) is 40.4 Å². The Hall–Kier alpha value is -0.990. The molecular weight excluding hydrogens is 256 g/mol. The summed E-state index contributed by atoms with van der Waals surface area (Å²) in [6.45, 7) is 9.11. The van der Waals surface area contributed by atoms with E-state index in [0.29, 0.717) is 5.82 Å². The standard InChI is InChI=1S/C10H20N4O3S/c1-9(2,3)14-7(10(4,5)17-6)12-13-8(14)18(11,15)16/h1-6H3,(H2,11,15,16). The monoisotopic (exact) mass is 276 g/mol. The summed E-state index contributed by atoms with van der Waals surface area (Å²) in [5.74, 6) is 0.418. The summed E-state index contributed by atoms with van der Waals surface area (Å²) in [6.07, 6.45) is 0. The maximum absolute atomic E-state index is 11.5. The Bertz CT molecular complexity index is 540. The second-order valence-electron chi connectivity index (χ2n) is 5.57. The third-order valence-corrected chi connectivity index (χ3v) is 3.38. The minimum absolute atomic E-state index is 0.255. The molecule has 0 aromatic carbocycles. The van der Waals surface area contributed by atoms with Crippen molar-refractivity contribution in [2.75, 3.05) is 7.11 Å². The Morgan fingerprint density at radius 1 is 1.17 bits per heavy atom. The molecule has 0 unspecified atom stereocenters. The van der Waals surface area contributed by atoms with Crippen molar-refractivity contribution >= 4 is 10.0 Å². The fraction of sp³-hybridized carbons (Fsp3) is 0.800. The fourth-order valence-corrected chi connectivity index (χ4v) is 2.31. The summed E-state index contributed by atoms with van der Waals surface area (Å²) < 4.78 is 29.9. The van der Waals surface area contributed by atoms with Crippen molar-refractivity contribution < 1.29 is 13.2 Å². The highest BCUT2D eigenvalue weighted by Crippen LogP contribution is 2.29. The average molecular weight is 276 g/mol. The predicted molar refractivity (Wildman–Crippen MR) is 66.4 cm³/mol. The second-order valence-corrected chi connectivity index (χ2v) is 7.03. The van der Waals surface area contributed by atoms with Crippen molar-refractivity contribution in [3.63, 3.8) is 0 Å². The molecule has 0 saturated heterocycles. The van der Waals surface area contributed by atoms with Crippen molar-refractivity contribution in [1.82, 2.24) is 14.8 Å². The normalized spacial score (nSPS) is 13.9. The van der Waals surface area contributed by atoms with Crippen molar-refractivity contribution in [3.8, 4) is 0 Å². The molecule has 0 amide bonds. The highest BCUT2D eigenvalue weighted by Gasteiger charge is 2.35. The first kappa shape index (κ1) is 15.1. The maximum atomic E-state index is 11.5. The summed E-state index contributed by atoms with van der Waals surface area (Å²) >= 11 is 0. The van der Waals surface area contributed by atoms with Gasteiger partial charge in [-0.05, 0) is 34.6 Å². The topological polar surface area (TPSA) is 100 Å².